The molecule has 31 heavy (non-hydrogen) atoms. The number of benzene rings is 2. The van der Waals surface area contributed by atoms with E-state index in [2.05, 4.69) is 20.4 Å². The summed E-state index contributed by atoms with van der Waals surface area (Å²) in [5.41, 5.74) is 2.29. The van der Waals surface area contributed by atoms with Crippen LogP contribution >= 0.6 is 0 Å². The van der Waals surface area contributed by atoms with Gasteiger partial charge in [-0.15, -0.1) is 13.2 Å². The molecule has 166 valence electrons. The van der Waals surface area contributed by atoms with Gasteiger partial charge in [0.1, 0.15) is 19.5 Å². The minimum atomic E-state index is -4.83. The molecule has 0 aliphatic rings. The topological polar surface area (TPSA) is 81.5 Å². The first kappa shape index (κ1) is 23.7. The Morgan fingerprint density at radius 1 is 1.06 bits per heavy atom. The fourth-order valence-corrected chi connectivity index (χ4v) is 2.76. The number of rotatable bonds is 8. The summed E-state index contributed by atoms with van der Waals surface area (Å²) in [5, 5.41) is 10.2. The highest BCUT2D eigenvalue weighted by Crippen LogP contribution is 2.27. The van der Waals surface area contributed by atoms with Gasteiger partial charge in [0.2, 0.25) is 0 Å². The van der Waals surface area contributed by atoms with Gasteiger partial charge in [0.15, 0.2) is 5.71 Å². The third kappa shape index (κ3) is 6.46. The lowest BCUT2D eigenvalue weighted by molar-refractivity contribution is -0.274. The molecule has 0 unspecified atom stereocenters. The number of alkyl halides is 3. The largest absolute Gasteiger partial charge is 0.573 e. The molecule has 2 aromatic rings. The predicted molar refractivity (Wildman–Crippen MR) is 109 cm³/mol. The van der Waals surface area contributed by atoms with Crippen LogP contribution in [0.1, 0.15) is 29.2 Å². The molecule has 0 saturated carbocycles. The van der Waals surface area contributed by atoms with Crippen molar-refractivity contribution in [3.8, 4) is 5.75 Å². The number of likely N-dealkylation sites (N-methyl/N-ethyl adjacent to an activating group) is 1. The number of ether oxygens (including phenoxy) is 1. The van der Waals surface area contributed by atoms with Crippen molar-refractivity contribution in [1.82, 2.24) is 5.32 Å². The van der Waals surface area contributed by atoms with E-state index in [0.717, 1.165) is 5.56 Å². The molecule has 0 fully saturated rings. The summed E-state index contributed by atoms with van der Waals surface area (Å²) in [6, 6.07) is 10.9. The normalized spacial score (nSPS) is 12.4. The monoisotopic (exact) mass is 437 g/mol. The van der Waals surface area contributed by atoms with E-state index in [1.54, 1.807) is 18.2 Å². The molecular formula is C21H22F3N3O4. The number of carbonyl (C=O) groups is 1. The van der Waals surface area contributed by atoms with Crippen LogP contribution in [-0.4, -0.2) is 37.9 Å². The second-order valence-electron chi connectivity index (χ2n) is 6.30. The van der Waals surface area contributed by atoms with Crippen molar-refractivity contribution < 1.29 is 32.4 Å². The van der Waals surface area contributed by atoms with Crippen molar-refractivity contribution in [2.24, 2.45) is 10.3 Å². The Morgan fingerprint density at radius 2 is 1.74 bits per heavy atom. The zero-order valence-corrected chi connectivity index (χ0v) is 17.4. The fourth-order valence-electron chi connectivity index (χ4n) is 2.76. The second-order valence-corrected chi connectivity index (χ2v) is 6.30. The maximum absolute atomic E-state index is 12.6. The molecule has 0 aliphatic heterocycles. The molecule has 2 aromatic carbocycles. The van der Waals surface area contributed by atoms with Crippen LogP contribution in [0.3, 0.4) is 0 Å². The van der Waals surface area contributed by atoms with Gasteiger partial charge in [0, 0.05) is 23.7 Å². The van der Waals surface area contributed by atoms with Crippen LogP contribution in [0.5, 0.6) is 5.75 Å². The number of halogens is 3. The van der Waals surface area contributed by atoms with Crippen LogP contribution in [0.25, 0.3) is 0 Å². The van der Waals surface area contributed by atoms with E-state index in [1.165, 1.54) is 39.3 Å². The number of nitrogens with zero attached hydrogens (tertiary/aromatic N) is 2. The summed E-state index contributed by atoms with van der Waals surface area (Å²) in [6.45, 7) is 3.26. The Kier molecular flexibility index (Phi) is 8.00. The van der Waals surface area contributed by atoms with E-state index in [0.29, 0.717) is 11.1 Å². The molecule has 0 radical (unpaired) electrons. The first-order valence-electron chi connectivity index (χ1n) is 9.11. The van der Waals surface area contributed by atoms with Gasteiger partial charge in [-0.25, -0.2) is 0 Å². The number of carbonyl (C=O) groups excluding carboxylic acids is 1. The molecule has 0 aromatic heterocycles. The number of nitrogens with one attached hydrogen (secondary N) is 1. The number of hydrogen-bond donors (Lipinski definition) is 1. The fraction of sp³-hybridized carbons (Fsp3) is 0.286. The zero-order valence-electron chi connectivity index (χ0n) is 17.4. The van der Waals surface area contributed by atoms with Crippen LogP contribution in [0.15, 0.2) is 52.8 Å². The highest BCUT2D eigenvalue weighted by molar-refractivity contribution is 6.45. The quantitative estimate of drug-likeness (QED) is 0.501. The lowest BCUT2D eigenvalue weighted by Gasteiger charge is -2.14. The number of amides is 1. The van der Waals surface area contributed by atoms with Gasteiger partial charge >= 0.3 is 6.36 Å². The average molecular weight is 437 g/mol. The van der Waals surface area contributed by atoms with Crippen molar-refractivity contribution in [1.29, 1.82) is 0 Å². The van der Waals surface area contributed by atoms with E-state index in [1.807, 2.05) is 13.0 Å². The summed E-state index contributed by atoms with van der Waals surface area (Å²) >= 11 is 0. The van der Waals surface area contributed by atoms with Crippen LogP contribution in [0.4, 0.5) is 13.2 Å². The molecule has 0 atom stereocenters. The molecule has 7 nitrogen and oxygen atoms in total. The van der Waals surface area contributed by atoms with Gasteiger partial charge in [-0.05, 0) is 31.5 Å². The van der Waals surface area contributed by atoms with Gasteiger partial charge in [-0.2, -0.15) is 0 Å². The Balaban J connectivity index is 2.30. The molecular weight excluding hydrogens is 415 g/mol. The number of aryl methyl sites for hydroxylation is 1. The van der Waals surface area contributed by atoms with Crippen molar-refractivity contribution in [2.45, 2.75) is 26.8 Å². The lowest BCUT2D eigenvalue weighted by atomic mass is 9.98. The SMILES string of the molecule is CNC(=O)/C(=N/OC)c1cccc(C)c1CO/N=C(\C)c1ccccc1OC(F)(F)F. The van der Waals surface area contributed by atoms with Crippen LogP contribution in [0.2, 0.25) is 0 Å². The molecule has 0 bridgehead atoms. The van der Waals surface area contributed by atoms with Gasteiger partial charge in [-0.3, -0.25) is 4.79 Å². The number of para-hydroxylation sites is 1. The van der Waals surface area contributed by atoms with Crippen molar-refractivity contribution in [3.05, 3.63) is 64.7 Å². The minimum Gasteiger partial charge on any atom is -0.405 e. The summed E-state index contributed by atoms with van der Waals surface area (Å²) in [7, 11) is 2.79. The predicted octanol–water partition coefficient (Wildman–Crippen LogP) is 3.93. The molecule has 0 saturated heterocycles. The minimum absolute atomic E-state index is 0.0527. The number of oxime groups is 2. The average Bonchev–Trinajstić information content (AvgIpc) is 2.72. The molecule has 1 N–H and O–H groups in total. The zero-order chi connectivity index (χ0) is 23.0. The third-order valence-corrected chi connectivity index (χ3v) is 4.20. The summed E-state index contributed by atoms with van der Waals surface area (Å²) in [4.78, 5) is 22.4. The van der Waals surface area contributed by atoms with Crippen molar-refractivity contribution >= 4 is 17.3 Å². The highest BCUT2D eigenvalue weighted by Gasteiger charge is 2.32. The summed E-state index contributed by atoms with van der Waals surface area (Å²) < 4.78 is 41.9. The smallest absolute Gasteiger partial charge is 0.405 e. The maximum atomic E-state index is 12.6. The Hall–Kier alpha value is -3.56. The van der Waals surface area contributed by atoms with Gasteiger partial charge in [0.25, 0.3) is 5.91 Å². The first-order valence-corrected chi connectivity index (χ1v) is 9.11. The molecule has 0 spiro atoms. The molecule has 2 rings (SSSR count). The summed E-state index contributed by atoms with van der Waals surface area (Å²) in [6.07, 6.45) is -4.83. The van der Waals surface area contributed by atoms with E-state index < -0.39 is 12.3 Å². The van der Waals surface area contributed by atoms with Gasteiger partial charge in [-0.1, -0.05) is 40.6 Å². The maximum Gasteiger partial charge on any atom is 0.573 e. The van der Waals surface area contributed by atoms with E-state index in [4.69, 9.17) is 9.68 Å². The lowest BCUT2D eigenvalue weighted by Crippen LogP contribution is -2.29. The molecule has 0 aliphatic carbocycles. The first-order chi connectivity index (χ1) is 14.7. The molecule has 1 amide bonds. The van der Waals surface area contributed by atoms with E-state index in [-0.39, 0.29) is 29.3 Å². The standard InChI is InChI=1S/C21H22F3N3O4/c1-13-8-7-10-16(19(27-29-4)20(28)25-3)17(13)12-30-26-14(2)15-9-5-6-11-18(15)31-21(22,23)24/h5-11H,12H2,1-4H3,(H,25,28)/b26-14+,27-19+. The van der Waals surface area contributed by atoms with Gasteiger partial charge in [0.05, 0.1) is 5.71 Å². The van der Waals surface area contributed by atoms with E-state index in [9.17, 15) is 18.0 Å². The highest BCUT2D eigenvalue weighted by atomic mass is 19.4. The van der Waals surface area contributed by atoms with E-state index >= 15 is 0 Å². The molecule has 10 heteroatoms. The van der Waals surface area contributed by atoms with Gasteiger partial charge < -0.3 is 19.7 Å². The summed E-state index contributed by atoms with van der Waals surface area (Å²) in [5.74, 6) is -0.836. The van der Waals surface area contributed by atoms with Crippen LogP contribution in [-0.2, 0) is 21.1 Å². The van der Waals surface area contributed by atoms with Crippen LogP contribution in [0, 0.1) is 6.92 Å². The number of hydrogen-bond acceptors (Lipinski definition) is 6. The van der Waals surface area contributed by atoms with Crippen molar-refractivity contribution in [3.63, 3.8) is 0 Å². The Morgan fingerprint density at radius 3 is 2.39 bits per heavy atom. The van der Waals surface area contributed by atoms with Crippen molar-refractivity contribution in [2.75, 3.05) is 14.2 Å². The third-order valence-electron chi connectivity index (χ3n) is 4.20. The Bertz CT molecular complexity index is 988. The molecule has 0 heterocycles. The van der Waals surface area contributed by atoms with Crippen LogP contribution < -0.4 is 10.1 Å². The second kappa shape index (κ2) is 10.5. The Labute approximate surface area is 177 Å².